The van der Waals surface area contributed by atoms with Crippen LogP contribution in [0.1, 0.15) is 38.3 Å². The summed E-state index contributed by atoms with van der Waals surface area (Å²) in [6, 6.07) is 3.42. The van der Waals surface area contributed by atoms with E-state index in [0.29, 0.717) is 6.61 Å². The van der Waals surface area contributed by atoms with Crippen molar-refractivity contribution in [2.75, 3.05) is 6.61 Å². The fraction of sp³-hybridized carbons (Fsp3) is 0.538. The van der Waals surface area contributed by atoms with Crippen molar-refractivity contribution >= 4 is 0 Å². The Hall–Kier alpha value is -1.00. The molecular weight excluding hydrogens is 224 g/mol. The Labute approximate surface area is 101 Å². The molecule has 1 rings (SSSR count). The minimum Gasteiger partial charge on any atom is -0.377 e. The van der Waals surface area contributed by atoms with E-state index in [4.69, 9.17) is 10.5 Å². The summed E-state index contributed by atoms with van der Waals surface area (Å²) in [6.45, 7) is 4.37. The second-order valence-electron chi connectivity index (χ2n) is 3.95. The third kappa shape index (κ3) is 3.48. The van der Waals surface area contributed by atoms with Crippen molar-refractivity contribution in [1.29, 1.82) is 0 Å². The highest BCUT2D eigenvalue weighted by atomic mass is 19.2. The van der Waals surface area contributed by atoms with Gasteiger partial charge in [-0.2, -0.15) is 0 Å². The van der Waals surface area contributed by atoms with Gasteiger partial charge in [0, 0.05) is 12.2 Å². The molecule has 0 aliphatic rings. The molecule has 0 radical (unpaired) electrons. The molecular formula is C13H19F2NO. The van der Waals surface area contributed by atoms with Crippen LogP contribution in [-0.2, 0) is 4.74 Å². The maximum absolute atomic E-state index is 13.6. The van der Waals surface area contributed by atoms with Gasteiger partial charge in [-0.05, 0) is 19.4 Å². The molecule has 2 unspecified atom stereocenters. The second-order valence-corrected chi connectivity index (χ2v) is 3.95. The molecule has 2 N–H and O–H groups in total. The van der Waals surface area contributed by atoms with E-state index < -0.39 is 17.7 Å². The van der Waals surface area contributed by atoms with Gasteiger partial charge in [-0.25, -0.2) is 8.78 Å². The first-order valence-corrected chi connectivity index (χ1v) is 5.92. The van der Waals surface area contributed by atoms with E-state index in [-0.39, 0.29) is 11.7 Å². The smallest absolute Gasteiger partial charge is 0.163 e. The minimum absolute atomic E-state index is 0.178. The first-order chi connectivity index (χ1) is 8.11. The molecule has 17 heavy (non-hydrogen) atoms. The summed E-state index contributed by atoms with van der Waals surface area (Å²) in [5.74, 6) is -1.74. The zero-order chi connectivity index (χ0) is 12.8. The van der Waals surface area contributed by atoms with Crippen molar-refractivity contribution in [2.24, 2.45) is 5.73 Å². The van der Waals surface area contributed by atoms with Gasteiger partial charge in [0.2, 0.25) is 0 Å². The molecule has 0 spiro atoms. The summed E-state index contributed by atoms with van der Waals surface area (Å²) in [6.07, 6.45) is 1.33. The van der Waals surface area contributed by atoms with Crippen molar-refractivity contribution in [2.45, 2.75) is 38.8 Å². The van der Waals surface area contributed by atoms with E-state index in [1.165, 1.54) is 12.1 Å². The lowest BCUT2D eigenvalue weighted by Crippen LogP contribution is -2.30. The molecule has 0 bridgehead atoms. The van der Waals surface area contributed by atoms with Crippen molar-refractivity contribution in [3.8, 4) is 0 Å². The van der Waals surface area contributed by atoms with Gasteiger partial charge in [-0.1, -0.05) is 25.5 Å². The van der Waals surface area contributed by atoms with Crippen molar-refractivity contribution in [3.63, 3.8) is 0 Å². The molecule has 0 aliphatic heterocycles. The van der Waals surface area contributed by atoms with Gasteiger partial charge in [0.15, 0.2) is 11.6 Å². The molecule has 0 fully saturated rings. The molecule has 2 nitrogen and oxygen atoms in total. The molecule has 0 saturated heterocycles. The van der Waals surface area contributed by atoms with Gasteiger partial charge in [-0.3, -0.25) is 0 Å². The van der Waals surface area contributed by atoms with Crippen LogP contribution in [0.25, 0.3) is 0 Å². The van der Waals surface area contributed by atoms with E-state index in [1.807, 2.05) is 13.8 Å². The highest BCUT2D eigenvalue weighted by Crippen LogP contribution is 2.24. The standard InChI is InChI=1S/C13H19F2NO/c1-3-6-11(17-4-2)13(16)9-7-5-8-10(14)12(9)15/h5,7-8,11,13H,3-4,6,16H2,1-2H3. The van der Waals surface area contributed by atoms with E-state index in [2.05, 4.69) is 0 Å². The second kappa shape index (κ2) is 6.67. The lowest BCUT2D eigenvalue weighted by Gasteiger charge is -2.24. The van der Waals surface area contributed by atoms with E-state index in [0.717, 1.165) is 18.9 Å². The number of benzene rings is 1. The summed E-state index contributed by atoms with van der Waals surface area (Å²) in [4.78, 5) is 0. The van der Waals surface area contributed by atoms with Crippen LogP contribution < -0.4 is 5.73 Å². The SMILES string of the molecule is CCCC(OCC)C(N)c1cccc(F)c1F. The van der Waals surface area contributed by atoms with E-state index in [1.54, 1.807) is 0 Å². The van der Waals surface area contributed by atoms with Gasteiger partial charge >= 0.3 is 0 Å². The van der Waals surface area contributed by atoms with Crippen molar-refractivity contribution in [1.82, 2.24) is 0 Å². The third-order valence-electron chi connectivity index (χ3n) is 2.70. The van der Waals surface area contributed by atoms with Crippen LogP contribution in [0, 0.1) is 11.6 Å². The van der Waals surface area contributed by atoms with Gasteiger partial charge < -0.3 is 10.5 Å². The predicted molar refractivity (Wildman–Crippen MR) is 63.6 cm³/mol. The number of halogens is 2. The molecule has 1 aromatic carbocycles. The zero-order valence-corrected chi connectivity index (χ0v) is 10.2. The normalized spacial score (nSPS) is 14.6. The summed E-state index contributed by atoms with van der Waals surface area (Å²) in [5, 5.41) is 0. The largest absolute Gasteiger partial charge is 0.377 e. The average molecular weight is 243 g/mol. The van der Waals surface area contributed by atoms with Gasteiger partial charge in [0.1, 0.15) is 0 Å². The molecule has 0 saturated carbocycles. The van der Waals surface area contributed by atoms with Crippen LogP contribution in [0.4, 0.5) is 8.78 Å². The average Bonchev–Trinajstić information content (AvgIpc) is 2.31. The fourth-order valence-corrected chi connectivity index (χ4v) is 1.84. The monoisotopic (exact) mass is 243 g/mol. The summed E-state index contributed by atoms with van der Waals surface area (Å²) in [5.41, 5.74) is 6.13. The Bertz CT molecular complexity index is 351. The first kappa shape index (κ1) is 14.1. The van der Waals surface area contributed by atoms with Crippen molar-refractivity contribution < 1.29 is 13.5 Å². The lowest BCUT2D eigenvalue weighted by molar-refractivity contribution is 0.0365. The molecule has 0 aromatic heterocycles. The van der Waals surface area contributed by atoms with Crippen molar-refractivity contribution in [3.05, 3.63) is 35.4 Å². The van der Waals surface area contributed by atoms with Crippen LogP contribution >= 0.6 is 0 Å². The zero-order valence-electron chi connectivity index (χ0n) is 10.2. The Morgan fingerprint density at radius 1 is 1.29 bits per heavy atom. The number of hydrogen-bond donors (Lipinski definition) is 1. The van der Waals surface area contributed by atoms with Crippen LogP contribution in [0.5, 0.6) is 0 Å². The Kier molecular flexibility index (Phi) is 5.51. The molecule has 0 heterocycles. The fourth-order valence-electron chi connectivity index (χ4n) is 1.84. The van der Waals surface area contributed by atoms with Gasteiger partial charge in [0.05, 0.1) is 12.1 Å². The van der Waals surface area contributed by atoms with E-state index >= 15 is 0 Å². The number of ether oxygens (including phenoxy) is 1. The molecule has 4 heteroatoms. The molecule has 0 amide bonds. The quantitative estimate of drug-likeness (QED) is 0.833. The molecule has 1 aromatic rings. The summed E-state index contributed by atoms with van der Waals surface area (Å²) >= 11 is 0. The summed E-state index contributed by atoms with van der Waals surface area (Å²) in [7, 11) is 0. The van der Waals surface area contributed by atoms with Gasteiger partial charge in [0.25, 0.3) is 0 Å². The number of rotatable bonds is 6. The number of hydrogen-bond acceptors (Lipinski definition) is 2. The maximum Gasteiger partial charge on any atom is 0.163 e. The predicted octanol–water partition coefficient (Wildman–Crippen LogP) is 3.17. The van der Waals surface area contributed by atoms with E-state index in [9.17, 15) is 8.78 Å². The third-order valence-corrected chi connectivity index (χ3v) is 2.70. The van der Waals surface area contributed by atoms with Crippen LogP contribution in [0.2, 0.25) is 0 Å². The van der Waals surface area contributed by atoms with Gasteiger partial charge in [-0.15, -0.1) is 0 Å². The highest BCUT2D eigenvalue weighted by Gasteiger charge is 2.23. The van der Waals surface area contributed by atoms with Crippen LogP contribution in [0.3, 0.4) is 0 Å². The highest BCUT2D eigenvalue weighted by molar-refractivity contribution is 5.23. The molecule has 96 valence electrons. The Morgan fingerprint density at radius 2 is 2.00 bits per heavy atom. The lowest BCUT2D eigenvalue weighted by atomic mass is 9.98. The topological polar surface area (TPSA) is 35.2 Å². The number of nitrogens with two attached hydrogens (primary N) is 1. The molecule has 2 atom stereocenters. The Morgan fingerprint density at radius 3 is 2.59 bits per heavy atom. The molecule has 0 aliphatic carbocycles. The first-order valence-electron chi connectivity index (χ1n) is 5.92. The van der Waals surface area contributed by atoms with Crippen LogP contribution in [0.15, 0.2) is 18.2 Å². The van der Waals surface area contributed by atoms with Crippen LogP contribution in [-0.4, -0.2) is 12.7 Å². The maximum atomic E-state index is 13.6. The summed E-state index contributed by atoms with van der Waals surface area (Å²) < 4.78 is 32.2. The minimum atomic E-state index is -0.874. The Balaban J connectivity index is 2.92.